The third-order valence-corrected chi connectivity index (χ3v) is 2.57. The zero-order chi connectivity index (χ0) is 10.6. The van der Waals surface area contributed by atoms with Crippen molar-refractivity contribution in [3.8, 4) is 0 Å². The Hall–Kier alpha value is -0.890. The van der Waals surface area contributed by atoms with Crippen molar-refractivity contribution in [2.24, 2.45) is 5.92 Å². The zero-order valence-corrected chi connectivity index (χ0v) is 9.05. The molecule has 0 heterocycles. The van der Waals surface area contributed by atoms with Gasteiger partial charge in [-0.3, -0.25) is 0 Å². The molecule has 1 rings (SSSR count). The molecule has 0 aliphatic carbocycles. The maximum absolute atomic E-state index is 13.2. The van der Waals surface area contributed by atoms with Gasteiger partial charge in [0.15, 0.2) is 0 Å². The minimum Gasteiger partial charge on any atom is -0.310 e. The van der Waals surface area contributed by atoms with Crippen LogP contribution in [0.25, 0.3) is 0 Å². The van der Waals surface area contributed by atoms with Gasteiger partial charge in [0.25, 0.3) is 0 Å². The van der Waals surface area contributed by atoms with Crippen LogP contribution in [0.15, 0.2) is 24.3 Å². The van der Waals surface area contributed by atoms with Gasteiger partial charge in [-0.15, -0.1) is 0 Å². The average molecular weight is 195 g/mol. The van der Waals surface area contributed by atoms with E-state index in [4.69, 9.17) is 0 Å². The van der Waals surface area contributed by atoms with Crippen molar-refractivity contribution in [2.75, 3.05) is 0 Å². The van der Waals surface area contributed by atoms with Crippen LogP contribution in [0.1, 0.15) is 26.3 Å². The average Bonchev–Trinajstić information content (AvgIpc) is 2.16. The summed E-state index contributed by atoms with van der Waals surface area (Å²) in [5, 5.41) is 3.30. The quantitative estimate of drug-likeness (QED) is 0.778. The van der Waals surface area contributed by atoms with Gasteiger partial charge < -0.3 is 5.32 Å². The maximum atomic E-state index is 13.2. The predicted molar refractivity (Wildman–Crippen MR) is 57.5 cm³/mol. The molecule has 1 nitrogen and oxygen atoms in total. The molecule has 0 aliphatic rings. The van der Waals surface area contributed by atoms with Crippen LogP contribution in [0.2, 0.25) is 0 Å². The van der Waals surface area contributed by atoms with E-state index in [9.17, 15) is 4.39 Å². The van der Waals surface area contributed by atoms with E-state index >= 15 is 0 Å². The lowest BCUT2D eigenvalue weighted by molar-refractivity contribution is 0.421. The number of benzene rings is 1. The molecule has 0 spiro atoms. The molecule has 1 unspecified atom stereocenters. The molecule has 0 radical (unpaired) electrons. The van der Waals surface area contributed by atoms with Gasteiger partial charge in [-0.1, -0.05) is 32.0 Å². The fourth-order valence-electron chi connectivity index (χ4n) is 1.15. The van der Waals surface area contributed by atoms with E-state index in [0.717, 1.165) is 5.56 Å². The number of hydrogen-bond acceptors (Lipinski definition) is 1. The summed E-state index contributed by atoms with van der Waals surface area (Å²) in [6.07, 6.45) is 0. The highest BCUT2D eigenvalue weighted by molar-refractivity contribution is 5.16. The molecule has 0 saturated heterocycles. The molecule has 2 heteroatoms. The zero-order valence-electron chi connectivity index (χ0n) is 9.05. The Morgan fingerprint density at radius 2 is 1.86 bits per heavy atom. The molecule has 0 aromatic heterocycles. The SMILES string of the molecule is CC(C)C(C)NCc1ccccc1F. The molecule has 1 atom stereocenters. The molecule has 1 aromatic carbocycles. The van der Waals surface area contributed by atoms with Gasteiger partial charge >= 0.3 is 0 Å². The second kappa shape index (κ2) is 5.11. The largest absolute Gasteiger partial charge is 0.310 e. The molecule has 78 valence electrons. The highest BCUT2D eigenvalue weighted by Gasteiger charge is 2.07. The Morgan fingerprint density at radius 1 is 1.21 bits per heavy atom. The first-order chi connectivity index (χ1) is 6.61. The molecule has 1 aromatic rings. The van der Waals surface area contributed by atoms with Gasteiger partial charge in [0, 0.05) is 18.2 Å². The highest BCUT2D eigenvalue weighted by Crippen LogP contribution is 2.07. The number of rotatable bonds is 4. The van der Waals surface area contributed by atoms with Crippen LogP contribution in [0.5, 0.6) is 0 Å². The second-order valence-corrected chi connectivity index (χ2v) is 4.01. The van der Waals surface area contributed by atoms with Crippen LogP contribution >= 0.6 is 0 Å². The number of hydrogen-bond donors (Lipinski definition) is 1. The van der Waals surface area contributed by atoms with E-state index in [1.165, 1.54) is 6.07 Å². The van der Waals surface area contributed by atoms with Gasteiger partial charge in [0.2, 0.25) is 0 Å². The maximum Gasteiger partial charge on any atom is 0.127 e. The minimum atomic E-state index is -0.129. The van der Waals surface area contributed by atoms with Gasteiger partial charge in [-0.2, -0.15) is 0 Å². The van der Waals surface area contributed by atoms with Crippen molar-refractivity contribution < 1.29 is 4.39 Å². The predicted octanol–water partition coefficient (Wildman–Crippen LogP) is 2.96. The Bertz CT molecular complexity index is 283. The van der Waals surface area contributed by atoms with E-state index in [-0.39, 0.29) is 5.82 Å². The Kier molecular flexibility index (Phi) is 4.08. The molecule has 0 fully saturated rings. The summed E-state index contributed by atoms with van der Waals surface area (Å²) < 4.78 is 13.2. The van der Waals surface area contributed by atoms with Gasteiger partial charge in [0.1, 0.15) is 5.82 Å². The summed E-state index contributed by atoms with van der Waals surface area (Å²) in [6.45, 7) is 7.02. The van der Waals surface area contributed by atoms with E-state index in [1.54, 1.807) is 6.07 Å². The number of halogens is 1. The van der Waals surface area contributed by atoms with Crippen molar-refractivity contribution >= 4 is 0 Å². The first kappa shape index (κ1) is 11.2. The lowest BCUT2D eigenvalue weighted by atomic mass is 10.1. The molecule has 0 bridgehead atoms. The van der Waals surface area contributed by atoms with Crippen molar-refractivity contribution in [3.63, 3.8) is 0 Å². The summed E-state index contributed by atoms with van der Waals surface area (Å²) in [6, 6.07) is 7.30. The van der Waals surface area contributed by atoms with E-state index in [2.05, 4.69) is 26.1 Å². The lowest BCUT2D eigenvalue weighted by Gasteiger charge is -2.17. The molecular weight excluding hydrogens is 177 g/mol. The first-order valence-corrected chi connectivity index (χ1v) is 5.08. The normalized spacial score (nSPS) is 13.2. The molecule has 0 aliphatic heterocycles. The summed E-state index contributed by atoms with van der Waals surface area (Å²) in [7, 11) is 0. The van der Waals surface area contributed by atoms with Crippen LogP contribution in [0.4, 0.5) is 4.39 Å². The van der Waals surface area contributed by atoms with Gasteiger partial charge in [0.05, 0.1) is 0 Å². The standard InChI is InChI=1S/C12H18FN/c1-9(2)10(3)14-8-11-6-4-5-7-12(11)13/h4-7,9-10,14H,8H2,1-3H3. The third-order valence-electron chi connectivity index (χ3n) is 2.57. The van der Waals surface area contributed by atoms with Crippen LogP contribution < -0.4 is 5.32 Å². The smallest absolute Gasteiger partial charge is 0.127 e. The van der Waals surface area contributed by atoms with E-state index in [0.29, 0.717) is 18.5 Å². The van der Waals surface area contributed by atoms with Crippen molar-refractivity contribution in [2.45, 2.75) is 33.4 Å². The summed E-state index contributed by atoms with van der Waals surface area (Å²) in [5.41, 5.74) is 0.736. The van der Waals surface area contributed by atoms with Crippen molar-refractivity contribution in [1.82, 2.24) is 5.32 Å². The summed E-state index contributed by atoms with van der Waals surface area (Å²) >= 11 is 0. The van der Waals surface area contributed by atoms with Crippen LogP contribution in [0, 0.1) is 11.7 Å². The van der Waals surface area contributed by atoms with Crippen LogP contribution in [-0.2, 0) is 6.54 Å². The Morgan fingerprint density at radius 3 is 2.43 bits per heavy atom. The minimum absolute atomic E-state index is 0.129. The first-order valence-electron chi connectivity index (χ1n) is 5.08. The fraction of sp³-hybridized carbons (Fsp3) is 0.500. The summed E-state index contributed by atoms with van der Waals surface area (Å²) in [4.78, 5) is 0. The second-order valence-electron chi connectivity index (χ2n) is 4.01. The Balaban J connectivity index is 2.50. The van der Waals surface area contributed by atoms with Crippen molar-refractivity contribution in [3.05, 3.63) is 35.6 Å². The Labute approximate surface area is 85.3 Å². The topological polar surface area (TPSA) is 12.0 Å². The summed E-state index contributed by atoms with van der Waals surface area (Å²) in [5.74, 6) is 0.442. The molecule has 0 amide bonds. The molecular formula is C12H18FN. The fourth-order valence-corrected chi connectivity index (χ4v) is 1.15. The number of nitrogens with one attached hydrogen (secondary N) is 1. The molecule has 14 heavy (non-hydrogen) atoms. The van der Waals surface area contributed by atoms with Gasteiger partial charge in [-0.25, -0.2) is 4.39 Å². The van der Waals surface area contributed by atoms with E-state index < -0.39 is 0 Å². The molecule has 0 saturated carbocycles. The van der Waals surface area contributed by atoms with Crippen molar-refractivity contribution in [1.29, 1.82) is 0 Å². The van der Waals surface area contributed by atoms with E-state index in [1.807, 2.05) is 12.1 Å². The van der Waals surface area contributed by atoms with Gasteiger partial charge in [-0.05, 0) is 18.9 Å². The molecule has 1 N–H and O–H groups in total. The monoisotopic (exact) mass is 195 g/mol. The van der Waals surface area contributed by atoms with Crippen LogP contribution in [-0.4, -0.2) is 6.04 Å². The highest BCUT2D eigenvalue weighted by atomic mass is 19.1. The van der Waals surface area contributed by atoms with Crippen LogP contribution in [0.3, 0.4) is 0 Å². The lowest BCUT2D eigenvalue weighted by Crippen LogP contribution is -2.30. The third kappa shape index (κ3) is 3.11.